The van der Waals surface area contributed by atoms with Crippen LogP contribution >= 0.6 is 0 Å². The first-order valence-corrected chi connectivity index (χ1v) is 6.54. The number of furan rings is 1. The van der Waals surface area contributed by atoms with Crippen molar-refractivity contribution in [3.63, 3.8) is 0 Å². The number of hydrogen-bond acceptors (Lipinski definition) is 4. The highest BCUT2D eigenvalue weighted by Crippen LogP contribution is 2.24. The molecule has 0 fully saturated rings. The van der Waals surface area contributed by atoms with Gasteiger partial charge in [0, 0.05) is 24.6 Å². The standard InChI is InChI=1S/C15H17NO5/c1-9-11-5-3-4-6-12(11)21-14(9)15(19)16-8-10(20-2)7-13(17)18/h3-6,10H,7-8H2,1-2H3,(H,16,19)(H,17,18). The Kier molecular flexibility index (Phi) is 4.59. The topological polar surface area (TPSA) is 88.8 Å². The fraction of sp³-hybridized carbons (Fsp3) is 0.333. The molecule has 1 amide bonds. The summed E-state index contributed by atoms with van der Waals surface area (Å²) in [5, 5.41) is 12.2. The van der Waals surface area contributed by atoms with Crippen LogP contribution in [0, 0.1) is 6.92 Å². The highest BCUT2D eigenvalue weighted by molar-refractivity contribution is 5.98. The zero-order valence-corrected chi connectivity index (χ0v) is 11.9. The molecule has 0 aliphatic carbocycles. The lowest BCUT2D eigenvalue weighted by Gasteiger charge is -2.13. The van der Waals surface area contributed by atoms with Gasteiger partial charge in [-0.25, -0.2) is 0 Å². The van der Waals surface area contributed by atoms with E-state index < -0.39 is 12.1 Å². The van der Waals surface area contributed by atoms with Crippen LogP contribution in [0.2, 0.25) is 0 Å². The van der Waals surface area contributed by atoms with Crippen LogP contribution in [0.5, 0.6) is 0 Å². The summed E-state index contributed by atoms with van der Waals surface area (Å²) < 4.78 is 10.5. The summed E-state index contributed by atoms with van der Waals surface area (Å²) in [7, 11) is 1.41. The van der Waals surface area contributed by atoms with Crippen LogP contribution in [-0.2, 0) is 9.53 Å². The van der Waals surface area contributed by atoms with E-state index in [1.165, 1.54) is 7.11 Å². The van der Waals surface area contributed by atoms with Crippen molar-refractivity contribution in [3.8, 4) is 0 Å². The second kappa shape index (κ2) is 6.41. The number of hydrogen-bond donors (Lipinski definition) is 2. The molecule has 1 atom stereocenters. The molecule has 21 heavy (non-hydrogen) atoms. The lowest BCUT2D eigenvalue weighted by molar-refractivity contribution is -0.139. The summed E-state index contributed by atoms with van der Waals surface area (Å²) in [6, 6.07) is 7.38. The number of rotatable bonds is 6. The average molecular weight is 291 g/mol. The first-order chi connectivity index (χ1) is 10.0. The number of carboxylic acids is 1. The van der Waals surface area contributed by atoms with E-state index in [0.717, 1.165) is 10.9 Å². The highest BCUT2D eigenvalue weighted by atomic mass is 16.5. The first kappa shape index (κ1) is 15.1. The van der Waals surface area contributed by atoms with E-state index in [2.05, 4.69) is 5.32 Å². The number of carbonyl (C=O) groups excluding carboxylic acids is 1. The van der Waals surface area contributed by atoms with Gasteiger partial charge in [0.1, 0.15) is 5.58 Å². The van der Waals surface area contributed by atoms with Gasteiger partial charge in [0.05, 0.1) is 12.5 Å². The number of carboxylic acid groups (broad SMARTS) is 1. The van der Waals surface area contributed by atoms with E-state index in [0.29, 0.717) is 5.58 Å². The van der Waals surface area contributed by atoms with E-state index in [-0.39, 0.29) is 24.6 Å². The number of para-hydroxylation sites is 1. The van der Waals surface area contributed by atoms with Crippen LogP contribution in [0.1, 0.15) is 22.5 Å². The van der Waals surface area contributed by atoms with Gasteiger partial charge in [-0.3, -0.25) is 9.59 Å². The number of methoxy groups -OCH3 is 1. The maximum atomic E-state index is 12.1. The molecule has 0 radical (unpaired) electrons. The first-order valence-electron chi connectivity index (χ1n) is 6.54. The summed E-state index contributed by atoms with van der Waals surface area (Å²) in [6.07, 6.45) is -0.744. The summed E-state index contributed by atoms with van der Waals surface area (Å²) >= 11 is 0. The Hall–Kier alpha value is -2.34. The van der Waals surface area contributed by atoms with E-state index in [4.69, 9.17) is 14.3 Å². The van der Waals surface area contributed by atoms with Crippen molar-refractivity contribution in [1.82, 2.24) is 5.32 Å². The number of aryl methyl sites for hydroxylation is 1. The molecule has 6 nitrogen and oxygen atoms in total. The van der Waals surface area contributed by atoms with Gasteiger partial charge < -0.3 is 19.6 Å². The minimum Gasteiger partial charge on any atom is -0.481 e. The van der Waals surface area contributed by atoms with Crippen molar-refractivity contribution < 1.29 is 23.8 Å². The zero-order valence-electron chi connectivity index (χ0n) is 11.9. The summed E-state index contributed by atoms with van der Waals surface area (Å²) in [5.41, 5.74) is 1.41. The van der Waals surface area contributed by atoms with E-state index in [9.17, 15) is 9.59 Å². The SMILES string of the molecule is COC(CNC(=O)c1oc2ccccc2c1C)CC(=O)O. The van der Waals surface area contributed by atoms with E-state index in [1.54, 1.807) is 6.07 Å². The number of amides is 1. The molecule has 112 valence electrons. The number of fused-ring (bicyclic) bond motifs is 1. The third kappa shape index (κ3) is 3.41. The van der Waals surface area contributed by atoms with Gasteiger partial charge in [-0.05, 0) is 13.0 Å². The van der Waals surface area contributed by atoms with Gasteiger partial charge in [0.15, 0.2) is 5.76 Å². The molecule has 0 saturated heterocycles. The number of ether oxygens (including phenoxy) is 1. The fourth-order valence-corrected chi connectivity index (χ4v) is 2.11. The Morgan fingerprint density at radius 3 is 2.71 bits per heavy atom. The third-order valence-electron chi connectivity index (χ3n) is 3.28. The van der Waals surface area contributed by atoms with Gasteiger partial charge in [-0.2, -0.15) is 0 Å². The van der Waals surface area contributed by atoms with Gasteiger partial charge in [-0.15, -0.1) is 0 Å². The molecule has 2 aromatic rings. The molecule has 6 heteroatoms. The molecular weight excluding hydrogens is 274 g/mol. The third-order valence-corrected chi connectivity index (χ3v) is 3.28. The van der Waals surface area contributed by atoms with Crippen molar-refractivity contribution in [2.45, 2.75) is 19.4 Å². The Labute approximate surface area is 121 Å². The maximum absolute atomic E-state index is 12.1. The molecule has 1 heterocycles. The number of aliphatic carboxylic acids is 1. The van der Waals surface area contributed by atoms with Crippen molar-refractivity contribution >= 4 is 22.8 Å². The summed E-state index contributed by atoms with van der Waals surface area (Å²) in [4.78, 5) is 22.8. The quantitative estimate of drug-likeness (QED) is 0.849. The smallest absolute Gasteiger partial charge is 0.306 e. The van der Waals surface area contributed by atoms with E-state index in [1.807, 2.05) is 25.1 Å². The van der Waals surface area contributed by atoms with Crippen molar-refractivity contribution in [2.75, 3.05) is 13.7 Å². The molecule has 1 aromatic heterocycles. The van der Waals surface area contributed by atoms with Gasteiger partial charge >= 0.3 is 5.97 Å². The average Bonchev–Trinajstić information content (AvgIpc) is 2.80. The molecule has 2 N–H and O–H groups in total. The number of nitrogens with one attached hydrogen (secondary N) is 1. The highest BCUT2D eigenvalue weighted by Gasteiger charge is 2.19. The molecule has 1 aromatic carbocycles. The van der Waals surface area contributed by atoms with Crippen LogP contribution in [0.15, 0.2) is 28.7 Å². The molecule has 0 spiro atoms. The fourth-order valence-electron chi connectivity index (χ4n) is 2.11. The Balaban J connectivity index is 2.08. The minimum atomic E-state index is -0.976. The second-order valence-electron chi connectivity index (χ2n) is 4.72. The molecule has 1 unspecified atom stereocenters. The van der Waals surface area contributed by atoms with Crippen molar-refractivity contribution in [1.29, 1.82) is 0 Å². The van der Waals surface area contributed by atoms with Gasteiger partial charge in [0.25, 0.3) is 5.91 Å². The maximum Gasteiger partial charge on any atom is 0.306 e. The molecular formula is C15H17NO5. The van der Waals surface area contributed by atoms with Crippen molar-refractivity contribution in [2.24, 2.45) is 0 Å². The lowest BCUT2D eigenvalue weighted by atomic mass is 10.1. The van der Waals surface area contributed by atoms with Crippen LogP contribution in [0.3, 0.4) is 0 Å². The predicted octanol–water partition coefficient (Wildman–Crippen LogP) is 1.96. The summed E-state index contributed by atoms with van der Waals surface area (Å²) in [6.45, 7) is 1.92. The van der Waals surface area contributed by atoms with Crippen LogP contribution < -0.4 is 5.32 Å². The molecule has 0 bridgehead atoms. The van der Waals surface area contributed by atoms with Gasteiger partial charge in [-0.1, -0.05) is 18.2 Å². The normalized spacial score (nSPS) is 12.3. The van der Waals surface area contributed by atoms with E-state index >= 15 is 0 Å². The summed E-state index contributed by atoms with van der Waals surface area (Å²) in [5.74, 6) is -1.12. The largest absolute Gasteiger partial charge is 0.481 e. The number of carbonyl (C=O) groups is 2. The Morgan fingerprint density at radius 2 is 2.10 bits per heavy atom. The van der Waals surface area contributed by atoms with Gasteiger partial charge in [0.2, 0.25) is 0 Å². The van der Waals surface area contributed by atoms with Crippen molar-refractivity contribution in [3.05, 3.63) is 35.6 Å². The number of benzene rings is 1. The minimum absolute atomic E-state index is 0.109. The predicted molar refractivity (Wildman–Crippen MR) is 76.3 cm³/mol. The Morgan fingerprint density at radius 1 is 1.38 bits per heavy atom. The van der Waals surface area contributed by atoms with Crippen LogP contribution in [0.4, 0.5) is 0 Å². The lowest BCUT2D eigenvalue weighted by Crippen LogP contribution is -2.34. The second-order valence-corrected chi connectivity index (χ2v) is 4.72. The molecule has 0 aliphatic rings. The van der Waals surface area contributed by atoms with Crippen LogP contribution in [-0.4, -0.2) is 36.7 Å². The van der Waals surface area contributed by atoms with Crippen LogP contribution in [0.25, 0.3) is 11.0 Å². The zero-order chi connectivity index (χ0) is 15.4. The molecule has 0 saturated carbocycles. The molecule has 2 rings (SSSR count). The monoisotopic (exact) mass is 291 g/mol. The Bertz CT molecular complexity index is 661. The molecule has 0 aliphatic heterocycles.